The van der Waals surface area contributed by atoms with Gasteiger partial charge in [0, 0.05) is 13.2 Å². The standard InChI is InChI=1S/C15H24FNO3S/c1-4-15(5-2,8-9-18)11-17-21(19,20)14-7-6-13(16)10-12(14)3/h6-7,10,17-18H,4-5,8-9,11H2,1-3H3. The van der Waals surface area contributed by atoms with E-state index in [1.807, 2.05) is 13.8 Å². The van der Waals surface area contributed by atoms with Crippen LogP contribution in [-0.2, 0) is 10.0 Å². The fourth-order valence-corrected chi connectivity index (χ4v) is 3.80. The number of hydrogen-bond acceptors (Lipinski definition) is 3. The summed E-state index contributed by atoms with van der Waals surface area (Å²) < 4.78 is 40.4. The lowest BCUT2D eigenvalue weighted by molar-refractivity contribution is 0.170. The van der Waals surface area contributed by atoms with E-state index in [9.17, 15) is 12.8 Å². The molecule has 0 atom stereocenters. The number of sulfonamides is 1. The Hall–Kier alpha value is -0.980. The summed E-state index contributed by atoms with van der Waals surface area (Å²) in [5.74, 6) is -0.455. The molecule has 0 radical (unpaired) electrons. The third kappa shape index (κ3) is 4.49. The largest absolute Gasteiger partial charge is 0.396 e. The van der Waals surface area contributed by atoms with Crippen LogP contribution in [0.4, 0.5) is 4.39 Å². The molecule has 0 aliphatic heterocycles. The third-order valence-electron chi connectivity index (χ3n) is 4.21. The normalized spacial score (nSPS) is 12.6. The van der Waals surface area contributed by atoms with Gasteiger partial charge in [0.1, 0.15) is 5.82 Å². The van der Waals surface area contributed by atoms with Gasteiger partial charge < -0.3 is 5.11 Å². The van der Waals surface area contributed by atoms with Crippen molar-refractivity contribution < 1.29 is 17.9 Å². The number of aryl methyl sites for hydroxylation is 1. The molecule has 0 saturated carbocycles. The first kappa shape index (κ1) is 18.1. The highest BCUT2D eigenvalue weighted by Gasteiger charge is 2.28. The highest BCUT2D eigenvalue weighted by molar-refractivity contribution is 7.89. The van der Waals surface area contributed by atoms with Crippen molar-refractivity contribution in [1.82, 2.24) is 4.72 Å². The van der Waals surface area contributed by atoms with Crippen molar-refractivity contribution in [3.05, 3.63) is 29.6 Å². The van der Waals surface area contributed by atoms with Crippen LogP contribution in [0.1, 0.15) is 38.7 Å². The van der Waals surface area contributed by atoms with E-state index in [4.69, 9.17) is 5.11 Å². The minimum atomic E-state index is -3.68. The van der Waals surface area contributed by atoms with Crippen LogP contribution in [0, 0.1) is 18.2 Å². The lowest BCUT2D eigenvalue weighted by Crippen LogP contribution is -2.37. The lowest BCUT2D eigenvalue weighted by atomic mass is 9.80. The van der Waals surface area contributed by atoms with Crippen LogP contribution in [0.5, 0.6) is 0 Å². The molecule has 1 aromatic rings. The molecular formula is C15H24FNO3S. The second-order valence-electron chi connectivity index (χ2n) is 5.42. The first-order valence-electron chi connectivity index (χ1n) is 7.17. The summed E-state index contributed by atoms with van der Waals surface area (Å²) in [6.45, 7) is 5.82. The molecule has 1 rings (SSSR count). The van der Waals surface area contributed by atoms with Crippen LogP contribution >= 0.6 is 0 Å². The second-order valence-corrected chi connectivity index (χ2v) is 7.15. The van der Waals surface area contributed by atoms with E-state index in [-0.39, 0.29) is 23.5 Å². The molecule has 0 aliphatic rings. The highest BCUT2D eigenvalue weighted by atomic mass is 32.2. The van der Waals surface area contributed by atoms with E-state index in [1.165, 1.54) is 12.1 Å². The van der Waals surface area contributed by atoms with Gasteiger partial charge >= 0.3 is 0 Å². The number of aliphatic hydroxyl groups excluding tert-OH is 1. The summed E-state index contributed by atoms with van der Waals surface area (Å²) in [5.41, 5.74) is 0.124. The Morgan fingerprint density at radius 1 is 1.29 bits per heavy atom. The molecule has 0 fully saturated rings. The van der Waals surface area contributed by atoms with Gasteiger partial charge in [-0.3, -0.25) is 0 Å². The molecule has 4 nitrogen and oxygen atoms in total. The van der Waals surface area contributed by atoms with E-state index in [0.717, 1.165) is 18.9 Å². The van der Waals surface area contributed by atoms with E-state index in [1.54, 1.807) is 6.92 Å². The summed E-state index contributed by atoms with van der Waals surface area (Å²) in [5, 5.41) is 9.17. The van der Waals surface area contributed by atoms with Gasteiger partial charge in [-0.15, -0.1) is 0 Å². The van der Waals surface area contributed by atoms with Crippen LogP contribution in [0.25, 0.3) is 0 Å². The molecule has 1 aromatic carbocycles. The molecule has 2 N–H and O–H groups in total. The summed E-state index contributed by atoms with van der Waals surface area (Å²) in [6.07, 6.45) is 2.09. The molecule has 0 spiro atoms. The highest BCUT2D eigenvalue weighted by Crippen LogP contribution is 2.30. The molecule has 0 unspecified atom stereocenters. The average molecular weight is 317 g/mol. The minimum Gasteiger partial charge on any atom is -0.396 e. The van der Waals surface area contributed by atoms with E-state index in [2.05, 4.69) is 4.72 Å². The number of rotatable bonds is 8. The first-order valence-corrected chi connectivity index (χ1v) is 8.65. The van der Waals surface area contributed by atoms with Crippen molar-refractivity contribution in [3.8, 4) is 0 Å². The van der Waals surface area contributed by atoms with Gasteiger partial charge in [0.2, 0.25) is 10.0 Å². The Bertz CT molecular complexity index is 568. The Labute approximate surface area is 126 Å². The number of halogens is 1. The van der Waals surface area contributed by atoms with Crippen LogP contribution in [-0.4, -0.2) is 26.7 Å². The van der Waals surface area contributed by atoms with Gasteiger partial charge in [0.15, 0.2) is 0 Å². The molecule has 0 saturated heterocycles. The number of aliphatic hydroxyl groups is 1. The molecule has 0 heterocycles. The summed E-state index contributed by atoms with van der Waals surface area (Å²) >= 11 is 0. The number of benzene rings is 1. The van der Waals surface area contributed by atoms with Crippen LogP contribution in [0.15, 0.2) is 23.1 Å². The van der Waals surface area contributed by atoms with Gasteiger partial charge in [0.05, 0.1) is 4.90 Å². The predicted octanol–water partition coefficient (Wildman–Crippen LogP) is 2.60. The van der Waals surface area contributed by atoms with Crippen LogP contribution in [0.2, 0.25) is 0 Å². The molecule has 120 valence electrons. The average Bonchev–Trinajstić information content (AvgIpc) is 2.43. The zero-order valence-corrected chi connectivity index (χ0v) is 13.6. The molecule has 21 heavy (non-hydrogen) atoms. The number of hydrogen-bond donors (Lipinski definition) is 2. The first-order chi connectivity index (χ1) is 9.80. The monoisotopic (exact) mass is 317 g/mol. The molecule has 0 aromatic heterocycles. The van der Waals surface area contributed by atoms with Crippen molar-refractivity contribution in [2.45, 2.75) is 44.9 Å². The quantitative estimate of drug-likeness (QED) is 0.774. The Balaban J connectivity index is 2.94. The van der Waals surface area contributed by atoms with Gasteiger partial charge in [-0.25, -0.2) is 17.5 Å². The van der Waals surface area contributed by atoms with Crippen molar-refractivity contribution >= 4 is 10.0 Å². The van der Waals surface area contributed by atoms with Crippen molar-refractivity contribution in [1.29, 1.82) is 0 Å². The van der Waals surface area contributed by atoms with Gasteiger partial charge in [0.25, 0.3) is 0 Å². The SMILES string of the molecule is CCC(CC)(CCO)CNS(=O)(=O)c1ccc(F)cc1C. The lowest BCUT2D eigenvalue weighted by Gasteiger charge is -2.31. The van der Waals surface area contributed by atoms with E-state index in [0.29, 0.717) is 12.0 Å². The Kier molecular flexibility index (Phi) is 6.31. The van der Waals surface area contributed by atoms with Gasteiger partial charge in [-0.05, 0) is 55.4 Å². The molecular weight excluding hydrogens is 293 g/mol. The van der Waals surface area contributed by atoms with Crippen molar-refractivity contribution in [2.24, 2.45) is 5.41 Å². The summed E-state index contributed by atoms with van der Waals surface area (Å²) in [7, 11) is -3.68. The Morgan fingerprint density at radius 2 is 1.90 bits per heavy atom. The molecule has 0 bridgehead atoms. The van der Waals surface area contributed by atoms with E-state index >= 15 is 0 Å². The fraction of sp³-hybridized carbons (Fsp3) is 0.600. The molecule has 0 amide bonds. The van der Waals surface area contributed by atoms with Crippen molar-refractivity contribution in [3.63, 3.8) is 0 Å². The van der Waals surface area contributed by atoms with Crippen LogP contribution < -0.4 is 4.72 Å². The zero-order valence-electron chi connectivity index (χ0n) is 12.8. The summed E-state index contributed by atoms with van der Waals surface area (Å²) in [6, 6.07) is 3.62. The Morgan fingerprint density at radius 3 is 2.38 bits per heavy atom. The van der Waals surface area contributed by atoms with Crippen LogP contribution in [0.3, 0.4) is 0 Å². The predicted molar refractivity (Wildman–Crippen MR) is 81.0 cm³/mol. The second kappa shape index (κ2) is 7.33. The maximum atomic E-state index is 13.1. The summed E-state index contributed by atoms with van der Waals surface area (Å²) in [4.78, 5) is 0.0917. The molecule has 6 heteroatoms. The zero-order chi connectivity index (χ0) is 16.1. The minimum absolute atomic E-state index is 0.0268. The number of nitrogens with one attached hydrogen (secondary N) is 1. The maximum absolute atomic E-state index is 13.1. The van der Waals surface area contributed by atoms with Gasteiger partial charge in [-0.1, -0.05) is 13.8 Å². The topological polar surface area (TPSA) is 66.4 Å². The third-order valence-corrected chi connectivity index (χ3v) is 5.77. The van der Waals surface area contributed by atoms with Gasteiger partial charge in [-0.2, -0.15) is 0 Å². The van der Waals surface area contributed by atoms with Crippen molar-refractivity contribution in [2.75, 3.05) is 13.2 Å². The smallest absolute Gasteiger partial charge is 0.240 e. The fourth-order valence-electron chi connectivity index (χ4n) is 2.42. The maximum Gasteiger partial charge on any atom is 0.240 e. The molecule has 0 aliphatic carbocycles. The van der Waals surface area contributed by atoms with E-state index < -0.39 is 15.8 Å².